The highest BCUT2D eigenvalue weighted by molar-refractivity contribution is 5.90. The molecule has 0 aromatic heterocycles. The van der Waals surface area contributed by atoms with Crippen molar-refractivity contribution in [3.05, 3.63) is 12.2 Å². The minimum Gasteiger partial charge on any atom is -0.478 e. The van der Waals surface area contributed by atoms with Crippen LogP contribution in [-0.2, 0) is 19.1 Å². The zero-order valence-corrected chi connectivity index (χ0v) is 14.0. The van der Waals surface area contributed by atoms with Crippen LogP contribution in [0.5, 0.6) is 0 Å². The Morgan fingerprint density at radius 2 is 1.87 bits per heavy atom. The van der Waals surface area contributed by atoms with Crippen molar-refractivity contribution in [1.29, 1.82) is 0 Å². The molecule has 1 atom stereocenters. The number of carboxylic acid groups (broad SMARTS) is 1. The summed E-state index contributed by atoms with van der Waals surface area (Å²) < 4.78 is 10.7. The number of carbonyl (C=O) groups is 2. The van der Waals surface area contributed by atoms with Gasteiger partial charge in [-0.2, -0.15) is 0 Å². The van der Waals surface area contributed by atoms with E-state index in [-0.39, 0.29) is 6.10 Å². The lowest BCUT2D eigenvalue weighted by Crippen LogP contribution is -2.36. The van der Waals surface area contributed by atoms with E-state index < -0.39 is 11.9 Å². The maximum Gasteiger partial charge on any atom is 0.331 e. The van der Waals surface area contributed by atoms with Crippen LogP contribution in [0.4, 0.5) is 0 Å². The van der Waals surface area contributed by atoms with Crippen molar-refractivity contribution < 1.29 is 24.2 Å². The first kappa shape index (κ1) is 19.6. The van der Waals surface area contributed by atoms with Crippen LogP contribution in [0.25, 0.3) is 0 Å². The minimum absolute atomic E-state index is 0.120. The van der Waals surface area contributed by atoms with E-state index in [4.69, 9.17) is 14.6 Å². The average molecular weight is 327 g/mol. The summed E-state index contributed by atoms with van der Waals surface area (Å²) in [5.41, 5.74) is 0. The number of hydrogen-bond donors (Lipinski definition) is 1. The van der Waals surface area contributed by atoms with Gasteiger partial charge in [-0.3, -0.25) is 4.90 Å². The molecule has 23 heavy (non-hydrogen) atoms. The second-order valence-electron chi connectivity index (χ2n) is 5.82. The Bertz CT molecular complexity index is 377. The molecule has 1 rings (SSSR count). The fourth-order valence-corrected chi connectivity index (χ4v) is 2.57. The van der Waals surface area contributed by atoms with Crippen molar-refractivity contribution >= 4 is 11.9 Å². The smallest absolute Gasteiger partial charge is 0.331 e. The summed E-state index contributed by atoms with van der Waals surface area (Å²) in [5.74, 6) is -1.71. The predicted molar refractivity (Wildman–Crippen MR) is 87.3 cm³/mol. The van der Waals surface area contributed by atoms with Gasteiger partial charge in [0.05, 0.1) is 13.2 Å². The van der Waals surface area contributed by atoms with E-state index in [2.05, 4.69) is 11.8 Å². The predicted octanol–water partition coefficient (Wildman–Crippen LogP) is 2.23. The van der Waals surface area contributed by atoms with Crippen LogP contribution in [0.2, 0.25) is 0 Å². The number of esters is 1. The summed E-state index contributed by atoms with van der Waals surface area (Å²) in [6.07, 6.45) is 7.47. The van der Waals surface area contributed by atoms with E-state index in [0.717, 1.165) is 83.5 Å². The molecule has 1 aliphatic heterocycles. The number of nitrogens with zero attached hydrogens (tertiary/aromatic N) is 1. The largest absolute Gasteiger partial charge is 0.478 e. The fourth-order valence-electron chi connectivity index (χ4n) is 2.57. The molecule has 1 fully saturated rings. The van der Waals surface area contributed by atoms with E-state index in [1.807, 2.05) is 0 Å². The van der Waals surface area contributed by atoms with Crippen LogP contribution in [0.3, 0.4) is 0 Å². The number of unbranched alkanes of at least 4 members (excludes halogenated alkanes) is 2. The van der Waals surface area contributed by atoms with Crippen molar-refractivity contribution in [2.75, 3.05) is 32.8 Å². The summed E-state index contributed by atoms with van der Waals surface area (Å²) in [5, 5.41) is 8.53. The molecule has 0 aromatic carbocycles. The first-order valence-electron chi connectivity index (χ1n) is 8.53. The summed E-state index contributed by atoms with van der Waals surface area (Å²) in [6, 6.07) is 0. The molecular formula is C17H29NO5. The first-order chi connectivity index (χ1) is 11.1. The Labute approximate surface area is 138 Å². The van der Waals surface area contributed by atoms with Crippen LogP contribution in [-0.4, -0.2) is 60.9 Å². The average Bonchev–Trinajstić information content (AvgIpc) is 2.55. The zero-order valence-electron chi connectivity index (χ0n) is 14.0. The number of hydrogen-bond acceptors (Lipinski definition) is 5. The van der Waals surface area contributed by atoms with Gasteiger partial charge in [0.15, 0.2) is 0 Å². The third-order valence-electron chi connectivity index (χ3n) is 3.88. The highest BCUT2D eigenvalue weighted by atomic mass is 16.5. The number of morpholine rings is 1. The molecule has 0 aromatic rings. The highest BCUT2D eigenvalue weighted by Gasteiger charge is 2.14. The van der Waals surface area contributed by atoms with Crippen molar-refractivity contribution in [3.8, 4) is 0 Å². The quantitative estimate of drug-likeness (QED) is 0.356. The van der Waals surface area contributed by atoms with Gasteiger partial charge in [0, 0.05) is 25.2 Å². The lowest BCUT2D eigenvalue weighted by molar-refractivity contribution is -0.144. The van der Waals surface area contributed by atoms with Gasteiger partial charge < -0.3 is 14.6 Å². The SMILES string of the molecule is CCCCC(CCCCN1CCOCC1)OC(=O)C=CC(=O)O. The summed E-state index contributed by atoms with van der Waals surface area (Å²) in [7, 11) is 0. The standard InChI is InChI=1S/C17H29NO5/c1-2-3-6-15(23-17(21)9-8-16(19)20)7-4-5-10-18-11-13-22-14-12-18/h8-9,15H,2-7,10-14H2,1H3,(H,19,20). The van der Waals surface area contributed by atoms with Gasteiger partial charge in [0.25, 0.3) is 0 Å². The van der Waals surface area contributed by atoms with Gasteiger partial charge in [0.1, 0.15) is 6.10 Å². The van der Waals surface area contributed by atoms with Crippen molar-refractivity contribution in [3.63, 3.8) is 0 Å². The van der Waals surface area contributed by atoms with E-state index in [0.29, 0.717) is 0 Å². The fraction of sp³-hybridized carbons (Fsp3) is 0.765. The number of aliphatic carboxylic acids is 1. The molecule has 132 valence electrons. The molecule has 0 bridgehead atoms. The van der Waals surface area contributed by atoms with E-state index >= 15 is 0 Å². The Morgan fingerprint density at radius 1 is 1.17 bits per heavy atom. The third kappa shape index (κ3) is 10.1. The molecular weight excluding hydrogens is 298 g/mol. The van der Waals surface area contributed by atoms with Crippen LogP contribution in [0, 0.1) is 0 Å². The second kappa shape index (κ2) is 12.1. The van der Waals surface area contributed by atoms with Crippen LogP contribution >= 0.6 is 0 Å². The maximum atomic E-state index is 11.6. The molecule has 1 aliphatic rings. The molecule has 0 amide bonds. The number of rotatable bonds is 11. The van der Waals surface area contributed by atoms with Gasteiger partial charge in [-0.25, -0.2) is 9.59 Å². The van der Waals surface area contributed by atoms with Gasteiger partial charge in [-0.1, -0.05) is 19.8 Å². The lowest BCUT2D eigenvalue weighted by Gasteiger charge is -2.26. The van der Waals surface area contributed by atoms with E-state index in [9.17, 15) is 9.59 Å². The first-order valence-corrected chi connectivity index (χ1v) is 8.53. The van der Waals surface area contributed by atoms with Gasteiger partial charge in [0.2, 0.25) is 0 Å². The molecule has 1 heterocycles. The van der Waals surface area contributed by atoms with Gasteiger partial charge in [-0.05, 0) is 32.2 Å². The van der Waals surface area contributed by atoms with E-state index in [1.54, 1.807) is 0 Å². The maximum absolute atomic E-state index is 11.6. The Kier molecular flexibility index (Phi) is 10.3. The monoisotopic (exact) mass is 327 g/mol. The van der Waals surface area contributed by atoms with Crippen molar-refractivity contribution in [2.24, 2.45) is 0 Å². The number of carboxylic acids is 1. The van der Waals surface area contributed by atoms with Crippen LogP contribution in [0.1, 0.15) is 45.4 Å². The number of ether oxygens (including phenoxy) is 2. The zero-order chi connectivity index (χ0) is 16.9. The topological polar surface area (TPSA) is 76.1 Å². The molecule has 0 aliphatic carbocycles. The molecule has 0 saturated carbocycles. The Morgan fingerprint density at radius 3 is 2.52 bits per heavy atom. The van der Waals surface area contributed by atoms with Crippen LogP contribution < -0.4 is 0 Å². The Balaban J connectivity index is 2.26. The molecule has 0 spiro atoms. The third-order valence-corrected chi connectivity index (χ3v) is 3.88. The minimum atomic E-state index is -1.14. The lowest BCUT2D eigenvalue weighted by atomic mass is 10.1. The number of carbonyl (C=O) groups excluding carboxylic acids is 1. The van der Waals surface area contributed by atoms with Crippen molar-refractivity contribution in [1.82, 2.24) is 4.90 Å². The molecule has 6 nitrogen and oxygen atoms in total. The van der Waals surface area contributed by atoms with Crippen LogP contribution in [0.15, 0.2) is 12.2 Å². The van der Waals surface area contributed by atoms with Gasteiger partial charge >= 0.3 is 11.9 Å². The Hall–Kier alpha value is -1.40. The second-order valence-corrected chi connectivity index (χ2v) is 5.82. The summed E-state index contributed by atoms with van der Waals surface area (Å²) >= 11 is 0. The highest BCUT2D eigenvalue weighted by Crippen LogP contribution is 2.14. The summed E-state index contributed by atoms with van der Waals surface area (Å²) in [4.78, 5) is 24.4. The molecule has 1 unspecified atom stereocenters. The van der Waals surface area contributed by atoms with Gasteiger partial charge in [-0.15, -0.1) is 0 Å². The van der Waals surface area contributed by atoms with E-state index in [1.165, 1.54) is 0 Å². The molecule has 6 heteroatoms. The molecule has 1 saturated heterocycles. The van der Waals surface area contributed by atoms with Crippen molar-refractivity contribution in [2.45, 2.75) is 51.6 Å². The normalized spacial score (nSPS) is 17.3. The molecule has 0 radical (unpaired) electrons. The molecule has 1 N–H and O–H groups in total. The summed E-state index contributed by atoms with van der Waals surface area (Å²) in [6.45, 7) is 6.76.